The number of benzene rings is 1. The van der Waals surface area contributed by atoms with E-state index in [2.05, 4.69) is 66.4 Å². The average Bonchev–Trinajstić information content (AvgIpc) is 2.68. The van der Waals surface area contributed by atoms with Gasteiger partial charge in [0.15, 0.2) is 0 Å². The number of nitrogen functional groups attached to an aromatic ring is 1. The van der Waals surface area contributed by atoms with E-state index >= 15 is 0 Å². The van der Waals surface area contributed by atoms with E-state index in [-0.39, 0.29) is 0 Å². The maximum Gasteiger partial charge on any atom is 0.131 e. The lowest BCUT2D eigenvalue weighted by atomic mass is 10.1. The molecule has 0 aliphatic rings. The molecule has 3 nitrogen and oxygen atoms in total. The lowest BCUT2D eigenvalue weighted by Crippen LogP contribution is -2.08. The Morgan fingerprint density at radius 2 is 2.05 bits per heavy atom. The molecule has 108 valence electrons. The predicted molar refractivity (Wildman–Crippen MR) is 88.9 cm³/mol. The van der Waals surface area contributed by atoms with Crippen LogP contribution in [0.3, 0.4) is 0 Å². The van der Waals surface area contributed by atoms with Gasteiger partial charge in [0.2, 0.25) is 0 Å². The summed E-state index contributed by atoms with van der Waals surface area (Å²) in [6.45, 7) is 9.46. The number of hydrogen-bond donors (Lipinski definition) is 1. The van der Waals surface area contributed by atoms with Crippen molar-refractivity contribution in [1.82, 2.24) is 9.55 Å². The van der Waals surface area contributed by atoms with E-state index < -0.39 is 0 Å². The zero-order chi connectivity index (χ0) is 14.9. The number of nitrogens with two attached hydrogens (primary N) is 1. The van der Waals surface area contributed by atoms with Gasteiger partial charge in [0.1, 0.15) is 17.3 Å². The molecule has 0 aliphatic heterocycles. The second-order valence-electron chi connectivity index (χ2n) is 5.49. The summed E-state index contributed by atoms with van der Waals surface area (Å²) in [6, 6.07) is 6.27. The van der Waals surface area contributed by atoms with Crippen molar-refractivity contribution in [1.29, 1.82) is 0 Å². The Labute approximate surface area is 129 Å². The minimum atomic E-state index is 0.363. The fourth-order valence-electron chi connectivity index (χ4n) is 2.39. The molecule has 1 aromatic carbocycles. The van der Waals surface area contributed by atoms with E-state index in [4.69, 9.17) is 10.7 Å². The van der Waals surface area contributed by atoms with E-state index in [1.165, 1.54) is 5.56 Å². The smallest absolute Gasteiger partial charge is 0.131 e. The van der Waals surface area contributed by atoms with E-state index in [1.54, 1.807) is 0 Å². The molecule has 0 saturated carbocycles. The number of hydrogen-bond acceptors (Lipinski definition) is 2. The van der Waals surface area contributed by atoms with Crippen molar-refractivity contribution in [2.75, 3.05) is 5.73 Å². The summed E-state index contributed by atoms with van der Waals surface area (Å²) in [4.78, 5) is 4.80. The van der Waals surface area contributed by atoms with E-state index in [0.29, 0.717) is 5.92 Å². The lowest BCUT2D eigenvalue weighted by molar-refractivity contribution is 0.616. The molecule has 2 N–H and O–H groups in total. The van der Waals surface area contributed by atoms with Gasteiger partial charge in [-0.05, 0) is 25.0 Å². The van der Waals surface area contributed by atoms with E-state index in [0.717, 1.165) is 40.3 Å². The van der Waals surface area contributed by atoms with Crippen LogP contribution in [0.25, 0.3) is 11.3 Å². The van der Waals surface area contributed by atoms with Gasteiger partial charge in [-0.15, -0.1) is 0 Å². The first-order valence-electron chi connectivity index (χ1n) is 7.08. The molecule has 0 fully saturated rings. The summed E-state index contributed by atoms with van der Waals surface area (Å²) in [5.41, 5.74) is 9.51. The van der Waals surface area contributed by atoms with Crippen LogP contribution in [0.4, 0.5) is 5.82 Å². The molecule has 0 unspecified atom stereocenters. The van der Waals surface area contributed by atoms with Crippen molar-refractivity contribution in [3.8, 4) is 11.3 Å². The number of nitrogens with zero attached hydrogens (tertiary/aromatic N) is 2. The maximum atomic E-state index is 6.35. The molecule has 0 aliphatic carbocycles. The number of halogens is 1. The number of anilines is 1. The van der Waals surface area contributed by atoms with Crippen molar-refractivity contribution in [3.63, 3.8) is 0 Å². The second kappa shape index (κ2) is 6.00. The zero-order valence-corrected chi connectivity index (χ0v) is 14.2. The summed E-state index contributed by atoms with van der Waals surface area (Å²) >= 11 is 3.62. The first kappa shape index (κ1) is 15.1. The van der Waals surface area contributed by atoms with E-state index in [1.807, 2.05) is 0 Å². The predicted octanol–water partition coefficient (Wildman–Crippen LogP) is 4.74. The average molecular weight is 336 g/mol. The normalized spacial score (nSPS) is 11.3. The maximum absolute atomic E-state index is 6.35. The van der Waals surface area contributed by atoms with Gasteiger partial charge < -0.3 is 10.3 Å². The van der Waals surface area contributed by atoms with Crippen LogP contribution in [0.15, 0.2) is 22.7 Å². The Kier molecular flexibility index (Phi) is 4.53. The molecule has 0 saturated heterocycles. The third kappa shape index (κ3) is 2.75. The summed E-state index contributed by atoms with van der Waals surface area (Å²) in [7, 11) is 0. The SMILES string of the molecule is CCCn1c(C(C)C)nc(-c2ccc(C)cc2Br)c1N. The van der Waals surface area contributed by atoms with Gasteiger partial charge in [-0.25, -0.2) is 4.98 Å². The minimum Gasteiger partial charge on any atom is -0.383 e. The first-order chi connectivity index (χ1) is 9.45. The Balaban J connectivity index is 2.60. The monoisotopic (exact) mass is 335 g/mol. The van der Waals surface area contributed by atoms with Crippen LogP contribution in [0.5, 0.6) is 0 Å². The van der Waals surface area contributed by atoms with Gasteiger partial charge >= 0.3 is 0 Å². The highest BCUT2D eigenvalue weighted by Gasteiger charge is 2.19. The van der Waals surface area contributed by atoms with Gasteiger partial charge in [0.05, 0.1) is 0 Å². The summed E-state index contributed by atoms with van der Waals surface area (Å²) in [6.07, 6.45) is 1.05. The van der Waals surface area contributed by atoms with Crippen molar-refractivity contribution in [3.05, 3.63) is 34.1 Å². The number of imidazole rings is 1. The molecule has 0 radical (unpaired) electrons. The molecule has 0 spiro atoms. The highest BCUT2D eigenvalue weighted by atomic mass is 79.9. The van der Waals surface area contributed by atoms with Crippen LogP contribution in [0.1, 0.15) is 44.5 Å². The van der Waals surface area contributed by atoms with Crippen LogP contribution in [-0.2, 0) is 6.54 Å². The third-order valence-electron chi connectivity index (χ3n) is 3.38. The lowest BCUT2D eigenvalue weighted by Gasteiger charge is -2.10. The Bertz CT molecular complexity index is 614. The molecule has 20 heavy (non-hydrogen) atoms. The molecule has 0 bridgehead atoms. The Morgan fingerprint density at radius 3 is 2.60 bits per heavy atom. The zero-order valence-electron chi connectivity index (χ0n) is 12.6. The van der Waals surface area contributed by atoms with E-state index in [9.17, 15) is 0 Å². The standard InChI is InChI=1S/C16H22BrN3/c1-5-8-20-15(18)14(19-16(20)10(2)3)12-7-6-11(4)9-13(12)17/h6-7,9-10H,5,8,18H2,1-4H3. The molecular weight excluding hydrogens is 314 g/mol. The van der Waals surface area contributed by atoms with Crippen LogP contribution in [-0.4, -0.2) is 9.55 Å². The fourth-order valence-corrected chi connectivity index (χ4v) is 3.07. The molecular formula is C16H22BrN3. The van der Waals surface area contributed by atoms with Gasteiger partial charge in [-0.1, -0.05) is 48.8 Å². The third-order valence-corrected chi connectivity index (χ3v) is 4.04. The van der Waals surface area contributed by atoms with Crippen LogP contribution in [0, 0.1) is 6.92 Å². The molecule has 0 atom stereocenters. The van der Waals surface area contributed by atoms with Crippen molar-refractivity contribution < 1.29 is 0 Å². The van der Waals surface area contributed by atoms with Crippen LogP contribution in [0.2, 0.25) is 0 Å². The Hall–Kier alpha value is -1.29. The Morgan fingerprint density at radius 1 is 1.35 bits per heavy atom. The highest BCUT2D eigenvalue weighted by molar-refractivity contribution is 9.10. The molecule has 2 rings (SSSR count). The van der Waals surface area contributed by atoms with Crippen molar-refractivity contribution in [2.45, 2.75) is 46.6 Å². The highest BCUT2D eigenvalue weighted by Crippen LogP contribution is 2.34. The fraction of sp³-hybridized carbons (Fsp3) is 0.438. The summed E-state index contributed by atoms with van der Waals surface area (Å²) in [5.74, 6) is 2.19. The number of aryl methyl sites for hydroxylation is 1. The largest absolute Gasteiger partial charge is 0.383 e. The van der Waals surface area contributed by atoms with Gasteiger partial charge in [0.25, 0.3) is 0 Å². The van der Waals surface area contributed by atoms with Crippen molar-refractivity contribution in [2.24, 2.45) is 0 Å². The molecule has 1 heterocycles. The minimum absolute atomic E-state index is 0.363. The van der Waals surface area contributed by atoms with Gasteiger partial charge in [0, 0.05) is 22.5 Å². The molecule has 4 heteroatoms. The van der Waals surface area contributed by atoms with Gasteiger partial charge in [-0.2, -0.15) is 0 Å². The number of rotatable bonds is 4. The van der Waals surface area contributed by atoms with Crippen molar-refractivity contribution >= 4 is 21.7 Å². The van der Waals surface area contributed by atoms with Crippen LogP contribution < -0.4 is 5.73 Å². The summed E-state index contributed by atoms with van der Waals surface area (Å²) < 4.78 is 3.19. The molecule has 0 amide bonds. The van der Waals surface area contributed by atoms with Crippen LogP contribution >= 0.6 is 15.9 Å². The molecule has 1 aromatic heterocycles. The number of aromatic nitrogens is 2. The quantitative estimate of drug-likeness (QED) is 0.877. The first-order valence-corrected chi connectivity index (χ1v) is 7.87. The summed E-state index contributed by atoms with van der Waals surface area (Å²) in [5, 5.41) is 0. The second-order valence-corrected chi connectivity index (χ2v) is 6.35. The molecule has 2 aromatic rings. The van der Waals surface area contributed by atoms with Gasteiger partial charge in [-0.3, -0.25) is 0 Å². The topological polar surface area (TPSA) is 43.8 Å².